The molecule has 1 aromatic heterocycles. The minimum Gasteiger partial charge on any atom is -0.369 e. The van der Waals surface area contributed by atoms with Crippen LogP contribution in [0.5, 0.6) is 0 Å². The Morgan fingerprint density at radius 1 is 1.31 bits per heavy atom. The monoisotopic (exact) mass is 355 g/mol. The van der Waals surface area contributed by atoms with E-state index in [4.69, 9.17) is 5.73 Å². The fourth-order valence-electron chi connectivity index (χ4n) is 4.35. The average molecular weight is 355 g/mol. The molecule has 6 heteroatoms. The summed E-state index contributed by atoms with van der Waals surface area (Å²) in [5, 5.41) is 1.24. The molecule has 3 heterocycles. The van der Waals surface area contributed by atoms with Gasteiger partial charge in [0.1, 0.15) is 0 Å². The number of H-pyrrole nitrogens is 1. The van der Waals surface area contributed by atoms with Gasteiger partial charge in [0, 0.05) is 60.4 Å². The van der Waals surface area contributed by atoms with E-state index in [-0.39, 0.29) is 17.7 Å². The molecular weight excluding hydrogens is 328 g/mol. The van der Waals surface area contributed by atoms with Crippen molar-refractivity contribution in [2.75, 3.05) is 26.2 Å². The molecule has 0 spiro atoms. The Kier molecular flexibility index (Phi) is 4.44. The van der Waals surface area contributed by atoms with Gasteiger partial charge in [0.25, 0.3) is 5.91 Å². The van der Waals surface area contributed by atoms with Crippen LogP contribution < -0.4 is 10.6 Å². The van der Waals surface area contributed by atoms with E-state index in [1.807, 2.05) is 4.90 Å². The Morgan fingerprint density at radius 2 is 2.08 bits per heavy atom. The van der Waals surface area contributed by atoms with Crippen molar-refractivity contribution in [2.24, 2.45) is 11.7 Å². The molecule has 26 heavy (non-hydrogen) atoms. The molecule has 1 fully saturated rings. The van der Waals surface area contributed by atoms with Gasteiger partial charge in [0.2, 0.25) is 5.91 Å². The van der Waals surface area contributed by atoms with Crippen LogP contribution in [0.25, 0.3) is 10.9 Å². The highest BCUT2D eigenvalue weighted by Gasteiger charge is 2.30. The molecular formula is C20H27N4O2+. The van der Waals surface area contributed by atoms with E-state index in [0.717, 1.165) is 44.4 Å². The van der Waals surface area contributed by atoms with Crippen molar-refractivity contribution in [2.45, 2.75) is 32.7 Å². The number of likely N-dealkylation sites (tertiary alicyclic amines) is 1. The molecule has 0 atom stereocenters. The number of carbonyl (C=O) groups is 2. The maximum Gasteiger partial charge on any atom is 0.278 e. The molecule has 0 radical (unpaired) electrons. The number of quaternary nitrogens is 1. The maximum atomic E-state index is 12.8. The summed E-state index contributed by atoms with van der Waals surface area (Å²) in [7, 11) is 0. The second kappa shape index (κ2) is 6.76. The number of nitrogens with zero attached hydrogens (tertiary/aromatic N) is 1. The van der Waals surface area contributed by atoms with E-state index in [9.17, 15) is 9.59 Å². The first-order valence-electron chi connectivity index (χ1n) is 9.52. The summed E-state index contributed by atoms with van der Waals surface area (Å²) in [5.41, 5.74) is 10.3. The Morgan fingerprint density at radius 3 is 2.81 bits per heavy atom. The van der Waals surface area contributed by atoms with Crippen molar-refractivity contribution in [3.05, 3.63) is 35.0 Å². The van der Waals surface area contributed by atoms with Crippen LogP contribution in [0.4, 0.5) is 0 Å². The summed E-state index contributed by atoms with van der Waals surface area (Å²) >= 11 is 0. The fraction of sp³-hybridized carbons (Fsp3) is 0.500. The van der Waals surface area contributed by atoms with Crippen molar-refractivity contribution in [3.8, 4) is 0 Å². The summed E-state index contributed by atoms with van der Waals surface area (Å²) in [6.07, 6.45) is 2.47. The van der Waals surface area contributed by atoms with E-state index < -0.39 is 0 Å². The summed E-state index contributed by atoms with van der Waals surface area (Å²) in [5.74, 6) is -0.000370. The number of piperidine rings is 1. The third kappa shape index (κ3) is 3.21. The second-order valence-corrected chi connectivity index (χ2v) is 7.80. The number of carbonyl (C=O) groups excluding carboxylic acids is 2. The summed E-state index contributed by atoms with van der Waals surface area (Å²) < 4.78 is 0. The number of hydrogen-bond donors (Lipinski definition) is 3. The van der Waals surface area contributed by atoms with Gasteiger partial charge in [0.15, 0.2) is 6.54 Å². The van der Waals surface area contributed by atoms with Crippen LogP contribution in [0.3, 0.4) is 0 Å². The lowest BCUT2D eigenvalue weighted by Gasteiger charge is -2.31. The first-order chi connectivity index (χ1) is 12.5. The summed E-state index contributed by atoms with van der Waals surface area (Å²) in [6, 6.07) is 6.45. The number of aromatic amines is 1. The van der Waals surface area contributed by atoms with Gasteiger partial charge in [0.05, 0.1) is 13.1 Å². The largest absolute Gasteiger partial charge is 0.369 e. The van der Waals surface area contributed by atoms with Crippen LogP contribution in [0, 0.1) is 12.8 Å². The van der Waals surface area contributed by atoms with Crippen LogP contribution in [0.2, 0.25) is 0 Å². The van der Waals surface area contributed by atoms with Crippen LogP contribution in [-0.2, 0) is 22.6 Å². The van der Waals surface area contributed by atoms with Crippen LogP contribution in [-0.4, -0.2) is 47.9 Å². The highest BCUT2D eigenvalue weighted by atomic mass is 16.2. The number of fused-ring (bicyclic) bond motifs is 3. The number of benzene rings is 1. The minimum absolute atomic E-state index is 0.0131. The highest BCUT2D eigenvalue weighted by molar-refractivity contribution is 5.86. The molecule has 1 saturated heterocycles. The zero-order valence-electron chi connectivity index (χ0n) is 15.3. The predicted octanol–water partition coefficient (Wildman–Crippen LogP) is 0.141. The van der Waals surface area contributed by atoms with E-state index in [1.165, 1.54) is 27.1 Å². The number of hydrogen-bond acceptors (Lipinski definition) is 2. The lowest BCUT2D eigenvalue weighted by Crippen LogP contribution is -3.14. The molecule has 0 bridgehead atoms. The standard InChI is InChI=1S/C20H26N4O2/c1-13-2-3-17-15(10-13)16-11-24(9-6-18(16)22-17)19(25)12-23-7-4-14(5-8-23)20(21)26/h2-3,10,14,22H,4-9,11-12H2,1H3,(H2,21,26)/p+1. The predicted molar refractivity (Wildman–Crippen MR) is 99.6 cm³/mol. The van der Waals surface area contributed by atoms with Gasteiger partial charge in [-0.2, -0.15) is 0 Å². The van der Waals surface area contributed by atoms with Crippen molar-refractivity contribution >= 4 is 22.7 Å². The van der Waals surface area contributed by atoms with E-state index in [2.05, 4.69) is 30.1 Å². The van der Waals surface area contributed by atoms with Crippen LogP contribution in [0.1, 0.15) is 29.7 Å². The van der Waals surface area contributed by atoms with Gasteiger partial charge in [-0.05, 0) is 19.1 Å². The normalized spacial score (nSPS) is 23.0. The van der Waals surface area contributed by atoms with Gasteiger partial charge in [-0.1, -0.05) is 11.6 Å². The van der Waals surface area contributed by atoms with Crippen LogP contribution in [0.15, 0.2) is 18.2 Å². The number of aromatic nitrogens is 1. The molecule has 2 aliphatic heterocycles. The van der Waals surface area contributed by atoms with Crippen LogP contribution >= 0.6 is 0 Å². The molecule has 2 amide bonds. The summed E-state index contributed by atoms with van der Waals surface area (Å²) in [6.45, 7) is 5.78. The number of nitrogens with one attached hydrogen (secondary N) is 2. The first kappa shape index (κ1) is 17.1. The van der Waals surface area contributed by atoms with Gasteiger partial charge in [-0.3, -0.25) is 9.59 Å². The third-order valence-electron chi connectivity index (χ3n) is 5.98. The highest BCUT2D eigenvalue weighted by Crippen LogP contribution is 2.28. The van der Waals surface area contributed by atoms with Gasteiger partial charge in [-0.15, -0.1) is 0 Å². The minimum atomic E-state index is -0.200. The lowest BCUT2D eigenvalue weighted by molar-refractivity contribution is -0.898. The number of aryl methyl sites for hydroxylation is 1. The Hall–Kier alpha value is -2.34. The molecule has 0 aliphatic carbocycles. The Balaban J connectivity index is 1.42. The smallest absolute Gasteiger partial charge is 0.278 e. The topological polar surface area (TPSA) is 83.6 Å². The number of nitrogens with two attached hydrogens (primary N) is 1. The number of primary amides is 1. The number of amides is 2. The lowest BCUT2D eigenvalue weighted by atomic mass is 9.96. The zero-order valence-corrected chi connectivity index (χ0v) is 15.3. The van der Waals surface area contributed by atoms with Crippen molar-refractivity contribution in [1.29, 1.82) is 0 Å². The van der Waals surface area contributed by atoms with Crippen molar-refractivity contribution in [3.63, 3.8) is 0 Å². The molecule has 4 rings (SSSR count). The molecule has 2 aromatic rings. The second-order valence-electron chi connectivity index (χ2n) is 7.80. The number of rotatable bonds is 3. The Labute approximate surface area is 153 Å². The van der Waals surface area contributed by atoms with Gasteiger partial charge < -0.3 is 20.5 Å². The molecule has 2 aliphatic rings. The van der Waals surface area contributed by atoms with E-state index >= 15 is 0 Å². The molecule has 138 valence electrons. The molecule has 0 saturated carbocycles. The third-order valence-corrected chi connectivity index (χ3v) is 5.98. The average Bonchev–Trinajstić information content (AvgIpc) is 2.99. The maximum absolute atomic E-state index is 12.8. The summed E-state index contributed by atoms with van der Waals surface area (Å²) in [4.78, 5) is 30.9. The molecule has 4 N–H and O–H groups in total. The van der Waals surface area contributed by atoms with E-state index in [1.54, 1.807) is 0 Å². The fourth-order valence-corrected chi connectivity index (χ4v) is 4.35. The van der Waals surface area contributed by atoms with Crippen molar-refractivity contribution < 1.29 is 14.5 Å². The van der Waals surface area contributed by atoms with Crippen molar-refractivity contribution in [1.82, 2.24) is 9.88 Å². The van der Waals surface area contributed by atoms with Gasteiger partial charge in [-0.25, -0.2) is 0 Å². The van der Waals surface area contributed by atoms with Gasteiger partial charge >= 0.3 is 0 Å². The zero-order chi connectivity index (χ0) is 18.3. The molecule has 0 unspecified atom stereocenters. The quantitative estimate of drug-likeness (QED) is 0.732. The first-order valence-corrected chi connectivity index (χ1v) is 9.52. The van der Waals surface area contributed by atoms with E-state index in [0.29, 0.717) is 13.1 Å². The Bertz CT molecular complexity index is 849. The SMILES string of the molecule is Cc1ccc2[nH]c3c(c2c1)CN(C(=O)C[NH+]1CCC(C(N)=O)CC1)CC3. The molecule has 1 aromatic carbocycles. The molecule has 6 nitrogen and oxygen atoms in total.